The van der Waals surface area contributed by atoms with Crippen molar-refractivity contribution >= 4 is 32.6 Å². The van der Waals surface area contributed by atoms with Crippen molar-refractivity contribution in [3.8, 4) is 5.75 Å². The zero-order valence-corrected chi connectivity index (χ0v) is 15.5. The van der Waals surface area contributed by atoms with Crippen LogP contribution in [-0.4, -0.2) is 42.3 Å². The van der Waals surface area contributed by atoms with Crippen molar-refractivity contribution in [2.75, 3.05) is 31.7 Å². The fraction of sp³-hybridized carbons (Fsp3) is 0.500. The van der Waals surface area contributed by atoms with Crippen LogP contribution in [0.2, 0.25) is 0 Å². The zero-order chi connectivity index (χ0) is 16.1. The molecule has 23 heavy (non-hydrogen) atoms. The second-order valence-electron chi connectivity index (χ2n) is 5.50. The van der Waals surface area contributed by atoms with E-state index in [2.05, 4.69) is 30.2 Å². The number of rotatable bonds is 6. The first-order valence-electron chi connectivity index (χ1n) is 7.73. The van der Waals surface area contributed by atoms with Gasteiger partial charge in [-0.15, -0.1) is 0 Å². The Bertz CT molecular complexity index is 629. The number of ether oxygens (including phenoxy) is 2. The molecule has 0 radical (unpaired) electrons. The molecule has 3 rings (SSSR count). The van der Waals surface area contributed by atoms with Gasteiger partial charge in [-0.25, -0.2) is 4.98 Å². The van der Waals surface area contributed by atoms with E-state index in [-0.39, 0.29) is 6.10 Å². The number of anilines is 1. The third-order valence-corrected chi connectivity index (χ3v) is 5.11. The fourth-order valence-electron chi connectivity index (χ4n) is 2.57. The first kappa shape index (κ1) is 16.7. The van der Waals surface area contributed by atoms with Gasteiger partial charge in [-0.05, 0) is 18.2 Å². The van der Waals surface area contributed by atoms with Gasteiger partial charge in [-0.2, -0.15) is 4.37 Å². The lowest BCUT2D eigenvalue weighted by atomic mass is 10.1. The van der Waals surface area contributed by atoms with Crippen LogP contribution in [0.15, 0.2) is 28.7 Å². The number of methoxy groups -OCH3 is 1. The van der Waals surface area contributed by atoms with Crippen molar-refractivity contribution in [3.05, 3.63) is 34.6 Å². The zero-order valence-electron chi connectivity index (χ0n) is 13.1. The lowest BCUT2D eigenvalue weighted by Gasteiger charge is -2.31. The summed E-state index contributed by atoms with van der Waals surface area (Å²) in [7, 11) is 1.70. The molecule has 1 fully saturated rings. The van der Waals surface area contributed by atoms with Crippen LogP contribution >= 0.6 is 27.5 Å². The average Bonchev–Trinajstić information content (AvgIpc) is 3.02. The molecule has 5 nitrogen and oxygen atoms in total. The number of piperidine rings is 1. The molecule has 0 bridgehead atoms. The largest absolute Gasteiger partial charge is 0.490 e. The molecule has 1 aliphatic heterocycles. The van der Waals surface area contributed by atoms with Gasteiger partial charge in [0.2, 0.25) is 5.13 Å². The van der Waals surface area contributed by atoms with Gasteiger partial charge in [-0.3, -0.25) is 0 Å². The molecule has 1 saturated heterocycles. The van der Waals surface area contributed by atoms with Gasteiger partial charge in [0.1, 0.15) is 17.7 Å². The molecule has 2 aromatic rings. The third-order valence-electron chi connectivity index (χ3n) is 3.80. The Morgan fingerprint density at radius 2 is 2.17 bits per heavy atom. The third kappa shape index (κ3) is 4.65. The molecule has 0 atom stereocenters. The monoisotopic (exact) mass is 397 g/mol. The molecule has 124 valence electrons. The van der Waals surface area contributed by atoms with Crippen LogP contribution in [0.25, 0.3) is 0 Å². The van der Waals surface area contributed by atoms with Crippen molar-refractivity contribution in [3.63, 3.8) is 0 Å². The minimum atomic E-state index is 0.265. The van der Waals surface area contributed by atoms with Crippen LogP contribution in [0, 0.1) is 0 Å². The fourth-order valence-corrected chi connectivity index (χ4v) is 3.71. The van der Waals surface area contributed by atoms with E-state index in [1.807, 2.05) is 24.3 Å². The Kier molecular flexibility index (Phi) is 5.85. The maximum absolute atomic E-state index is 6.07. The van der Waals surface area contributed by atoms with E-state index in [1.54, 1.807) is 7.11 Å². The summed E-state index contributed by atoms with van der Waals surface area (Å²) in [5.41, 5.74) is 0. The van der Waals surface area contributed by atoms with Crippen molar-refractivity contribution in [2.45, 2.75) is 25.4 Å². The SMILES string of the molecule is COCCc1nsc(N2CCC(Oc3cccc(Br)c3)CC2)n1. The van der Waals surface area contributed by atoms with Crippen molar-refractivity contribution < 1.29 is 9.47 Å². The molecule has 2 heterocycles. The summed E-state index contributed by atoms with van der Waals surface area (Å²) in [4.78, 5) is 6.90. The number of halogens is 1. The smallest absolute Gasteiger partial charge is 0.205 e. The molecule has 0 aliphatic carbocycles. The van der Waals surface area contributed by atoms with E-state index in [9.17, 15) is 0 Å². The van der Waals surface area contributed by atoms with Crippen LogP contribution in [0.4, 0.5) is 5.13 Å². The van der Waals surface area contributed by atoms with Gasteiger partial charge in [0.05, 0.1) is 6.61 Å². The first-order chi connectivity index (χ1) is 11.2. The average molecular weight is 398 g/mol. The van der Waals surface area contributed by atoms with Crippen LogP contribution in [0.1, 0.15) is 18.7 Å². The second-order valence-corrected chi connectivity index (χ2v) is 7.14. The highest BCUT2D eigenvalue weighted by molar-refractivity contribution is 9.10. The van der Waals surface area contributed by atoms with E-state index in [4.69, 9.17) is 9.47 Å². The maximum atomic E-state index is 6.07. The van der Waals surface area contributed by atoms with Gasteiger partial charge < -0.3 is 14.4 Å². The molecule has 1 aromatic heterocycles. The van der Waals surface area contributed by atoms with Gasteiger partial charge in [-0.1, -0.05) is 22.0 Å². The Morgan fingerprint density at radius 1 is 1.35 bits per heavy atom. The Labute approximate surface area is 148 Å². The molecule has 0 N–H and O–H groups in total. The van der Waals surface area contributed by atoms with Gasteiger partial charge in [0, 0.05) is 55.5 Å². The molecule has 0 unspecified atom stereocenters. The predicted molar refractivity (Wildman–Crippen MR) is 95.5 cm³/mol. The summed E-state index contributed by atoms with van der Waals surface area (Å²) >= 11 is 4.95. The highest BCUT2D eigenvalue weighted by atomic mass is 79.9. The molecule has 0 spiro atoms. The van der Waals surface area contributed by atoms with E-state index in [0.717, 1.165) is 53.5 Å². The summed E-state index contributed by atoms with van der Waals surface area (Å²) in [5.74, 6) is 1.80. The minimum Gasteiger partial charge on any atom is -0.490 e. The molecular formula is C16H20BrN3O2S. The van der Waals surface area contributed by atoms with E-state index in [0.29, 0.717) is 6.61 Å². The molecule has 0 amide bonds. The molecule has 1 aliphatic rings. The number of hydrogen-bond donors (Lipinski definition) is 0. The molecule has 1 aromatic carbocycles. The highest BCUT2D eigenvalue weighted by Gasteiger charge is 2.23. The predicted octanol–water partition coefficient (Wildman–Crippen LogP) is 3.54. The standard InChI is InChI=1S/C16H20BrN3O2S/c1-21-10-7-15-18-16(23-19-15)20-8-5-13(6-9-20)22-14-4-2-3-12(17)11-14/h2-4,11,13H,5-10H2,1H3. The number of nitrogens with zero attached hydrogens (tertiary/aromatic N) is 3. The van der Waals surface area contributed by atoms with Crippen molar-refractivity contribution in [1.82, 2.24) is 9.36 Å². The quantitative estimate of drug-likeness (QED) is 0.745. The number of hydrogen-bond acceptors (Lipinski definition) is 6. The Balaban J connectivity index is 1.51. The van der Waals surface area contributed by atoms with Crippen LogP contribution in [-0.2, 0) is 11.2 Å². The summed E-state index contributed by atoms with van der Waals surface area (Å²) < 4.78 is 16.6. The minimum absolute atomic E-state index is 0.265. The van der Waals surface area contributed by atoms with Crippen LogP contribution in [0.5, 0.6) is 5.75 Å². The van der Waals surface area contributed by atoms with Crippen LogP contribution in [0.3, 0.4) is 0 Å². The topological polar surface area (TPSA) is 47.5 Å². The van der Waals surface area contributed by atoms with E-state index >= 15 is 0 Å². The molecular weight excluding hydrogens is 378 g/mol. The Hall–Kier alpha value is -1.18. The van der Waals surface area contributed by atoms with Gasteiger partial charge >= 0.3 is 0 Å². The second kappa shape index (κ2) is 8.08. The maximum Gasteiger partial charge on any atom is 0.205 e. The highest BCUT2D eigenvalue weighted by Crippen LogP contribution is 2.25. The van der Waals surface area contributed by atoms with Gasteiger partial charge in [0.25, 0.3) is 0 Å². The van der Waals surface area contributed by atoms with E-state index in [1.165, 1.54) is 11.5 Å². The molecule has 0 saturated carbocycles. The summed E-state index contributed by atoms with van der Waals surface area (Å²) in [5, 5.41) is 1.01. The lowest BCUT2D eigenvalue weighted by molar-refractivity contribution is 0.171. The van der Waals surface area contributed by atoms with Crippen molar-refractivity contribution in [1.29, 1.82) is 0 Å². The summed E-state index contributed by atoms with van der Waals surface area (Å²) in [6.07, 6.45) is 3.04. The molecule has 7 heteroatoms. The van der Waals surface area contributed by atoms with Crippen molar-refractivity contribution in [2.24, 2.45) is 0 Å². The first-order valence-corrected chi connectivity index (χ1v) is 9.30. The lowest BCUT2D eigenvalue weighted by Crippen LogP contribution is -2.38. The number of aromatic nitrogens is 2. The van der Waals surface area contributed by atoms with Crippen LogP contribution < -0.4 is 9.64 Å². The van der Waals surface area contributed by atoms with Gasteiger partial charge in [0.15, 0.2) is 0 Å². The summed E-state index contributed by atoms with van der Waals surface area (Å²) in [6.45, 7) is 2.58. The Morgan fingerprint density at radius 3 is 2.91 bits per heavy atom. The summed E-state index contributed by atoms with van der Waals surface area (Å²) in [6, 6.07) is 8.02. The van der Waals surface area contributed by atoms with E-state index < -0.39 is 0 Å². The normalized spacial score (nSPS) is 15.8. The number of benzene rings is 1.